The minimum atomic E-state index is -0.122. The standard InChI is InChI=1S/C18H24N2O3/c1-2-23-17(21)15-9-12-19(13-10-15)18(22)20-11-5-7-14-6-3-4-8-16(14)20/h3-4,6,8,15H,2,5,7,9-13H2,1H3. The lowest BCUT2D eigenvalue weighted by molar-refractivity contribution is -0.149. The van der Waals surface area contributed by atoms with Crippen LogP contribution in [0, 0.1) is 5.92 Å². The van der Waals surface area contributed by atoms with E-state index in [-0.39, 0.29) is 17.9 Å². The number of likely N-dealkylation sites (tertiary alicyclic amines) is 1. The number of ether oxygens (including phenoxy) is 1. The van der Waals surface area contributed by atoms with E-state index >= 15 is 0 Å². The molecule has 3 rings (SSSR count). The van der Waals surface area contributed by atoms with Gasteiger partial charge in [0.1, 0.15) is 0 Å². The second kappa shape index (κ2) is 7.02. The van der Waals surface area contributed by atoms with Crippen molar-refractivity contribution in [2.75, 3.05) is 31.1 Å². The molecule has 0 bridgehead atoms. The number of rotatable bonds is 2. The van der Waals surface area contributed by atoms with E-state index in [1.807, 2.05) is 34.9 Å². The molecule has 0 unspecified atom stereocenters. The number of esters is 1. The summed E-state index contributed by atoms with van der Waals surface area (Å²) in [5.41, 5.74) is 2.28. The number of carbonyl (C=O) groups is 2. The van der Waals surface area contributed by atoms with Crippen molar-refractivity contribution in [3.8, 4) is 0 Å². The molecule has 5 nitrogen and oxygen atoms in total. The number of anilines is 1. The summed E-state index contributed by atoms with van der Waals surface area (Å²) < 4.78 is 5.09. The zero-order valence-electron chi connectivity index (χ0n) is 13.7. The zero-order chi connectivity index (χ0) is 16.2. The number of amides is 2. The number of hydrogen-bond donors (Lipinski definition) is 0. The number of urea groups is 1. The number of benzene rings is 1. The van der Waals surface area contributed by atoms with Gasteiger partial charge < -0.3 is 9.64 Å². The minimum Gasteiger partial charge on any atom is -0.466 e. The van der Waals surface area contributed by atoms with Gasteiger partial charge in [-0.25, -0.2) is 4.79 Å². The number of fused-ring (bicyclic) bond motifs is 1. The highest BCUT2D eigenvalue weighted by Gasteiger charge is 2.32. The first kappa shape index (κ1) is 15.8. The van der Waals surface area contributed by atoms with Crippen molar-refractivity contribution in [1.82, 2.24) is 4.90 Å². The molecule has 0 saturated carbocycles. The maximum absolute atomic E-state index is 12.9. The summed E-state index contributed by atoms with van der Waals surface area (Å²) in [7, 11) is 0. The molecule has 0 atom stereocenters. The smallest absolute Gasteiger partial charge is 0.324 e. The van der Waals surface area contributed by atoms with E-state index in [1.54, 1.807) is 0 Å². The van der Waals surface area contributed by atoms with Crippen LogP contribution in [-0.2, 0) is 16.0 Å². The van der Waals surface area contributed by atoms with Gasteiger partial charge in [-0.15, -0.1) is 0 Å². The Bertz CT molecular complexity index is 579. The first-order valence-electron chi connectivity index (χ1n) is 8.51. The number of para-hydroxylation sites is 1. The third-order valence-electron chi connectivity index (χ3n) is 4.73. The van der Waals surface area contributed by atoms with E-state index < -0.39 is 0 Å². The Hall–Kier alpha value is -2.04. The van der Waals surface area contributed by atoms with Crippen molar-refractivity contribution in [2.45, 2.75) is 32.6 Å². The van der Waals surface area contributed by atoms with E-state index in [0.717, 1.165) is 25.1 Å². The van der Waals surface area contributed by atoms with Crippen LogP contribution in [0.4, 0.5) is 10.5 Å². The predicted molar refractivity (Wildman–Crippen MR) is 88.4 cm³/mol. The molecule has 0 spiro atoms. The maximum atomic E-state index is 12.9. The summed E-state index contributed by atoms with van der Waals surface area (Å²) in [6.07, 6.45) is 3.42. The molecule has 0 N–H and O–H groups in total. The highest BCUT2D eigenvalue weighted by atomic mass is 16.5. The Kier molecular flexibility index (Phi) is 4.84. The SMILES string of the molecule is CCOC(=O)C1CCN(C(=O)N2CCCc3ccccc32)CC1. The van der Waals surface area contributed by atoms with Gasteiger partial charge in [-0.05, 0) is 44.2 Å². The lowest BCUT2D eigenvalue weighted by atomic mass is 9.97. The lowest BCUT2D eigenvalue weighted by Gasteiger charge is -2.37. The van der Waals surface area contributed by atoms with Gasteiger partial charge in [0, 0.05) is 25.3 Å². The predicted octanol–water partition coefficient (Wildman–Crippen LogP) is 2.83. The van der Waals surface area contributed by atoms with Crippen LogP contribution >= 0.6 is 0 Å². The molecule has 124 valence electrons. The van der Waals surface area contributed by atoms with Crippen LogP contribution in [0.15, 0.2) is 24.3 Å². The summed E-state index contributed by atoms with van der Waals surface area (Å²) in [4.78, 5) is 28.4. The first-order chi connectivity index (χ1) is 11.2. The van der Waals surface area contributed by atoms with Crippen molar-refractivity contribution in [3.05, 3.63) is 29.8 Å². The Morgan fingerprint density at radius 1 is 1.17 bits per heavy atom. The van der Waals surface area contributed by atoms with Crippen LogP contribution in [0.25, 0.3) is 0 Å². The molecule has 0 aromatic heterocycles. The maximum Gasteiger partial charge on any atom is 0.324 e. The fourth-order valence-electron chi connectivity index (χ4n) is 3.47. The van der Waals surface area contributed by atoms with Crippen molar-refractivity contribution in [2.24, 2.45) is 5.92 Å². The van der Waals surface area contributed by atoms with Gasteiger partial charge in [0.05, 0.1) is 12.5 Å². The molecule has 1 fully saturated rings. The van der Waals surface area contributed by atoms with Crippen LogP contribution in [0.3, 0.4) is 0 Å². The molecule has 23 heavy (non-hydrogen) atoms. The summed E-state index contributed by atoms with van der Waals surface area (Å²) in [5.74, 6) is -0.185. The molecule has 2 aliphatic heterocycles. The third-order valence-corrected chi connectivity index (χ3v) is 4.73. The van der Waals surface area contributed by atoms with Crippen molar-refractivity contribution >= 4 is 17.7 Å². The lowest BCUT2D eigenvalue weighted by Crippen LogP contribution is -2.49. The van der Waals surface area contributed by atoms with Crippen LogP contribution in [0.5, 0.6) is 0 Å². The van der Waals surface area contributed by atoms with Gasteiger partial charge in [0.25, 0.3) is 0 Å². The summed E-state index contributed by atoms with van der Waals surface area (Å²) in [5, 5.41) is 0. The van der Waals surface area contributed by atoms with Gasteiger partial charge in [-0.3, -0.25) is 9.69 Å². The number of nitrogens with zero attached hydrogens (tertiary/aromatic N) is 2. The summed E-state index contributed by atoms with van der Waals surface area (Å²) >= 11 is 0. The highest BCUT2D eigenvalue weighted by molar-refractivity contribution is 5.93. The van der Waals surface area contributed by atoms with E-state index in [4.69, 9.17) is 4.74 Å². The van der Waals surface area contributed by atoms with Gasteiger partial charge in [0.2, 0.25) is 0 Å². The fourth-order valence-corrected chi connectivity index (χ4v) is 3.47. The Balaban J connectivity index is 1.63. The molecule has 1 saturated heterocycles. The van der Waals surface area contributed by atoms with Crippen molar-refractivity contribution in [1.29, 1.82) is 0 Å². The number of piperidine rings is 1. The van der Waals surface area contributed by atoms with Crippen LogP contribution in [0.2, 0.25) is 0 Å². The van der Waals surface area contributed by atoms with E-state index in [9.17, 15) is 9.59 Å². The molecule has 1 aromatic rings. The van der Waals surface area contributed by atoms with Crippen LogP contribution in [-0.4, -0.2) is 43.1 Å². The quantitative estimate of drug-likeness (QED) is 0.788. The molecule has 2 heterocycles. The Morgan fingerprint density at radius 2 is 1.91 bits per heavy atom. The average Bonchev–Trinajstić information content (AvgIpc) is 2.61. The molecule has 2 aliphatic rings. The molecular weight excluding hydrogens is 292 g/mol. The second-order valence-corrected chi connectivity index (χ2v) is 6.18. The molecule has 0 radical (unpaired) electrons. The number of aryl methyl sites for hydroxylation is 1. The van der Waals surface area contributed by atoms with E-state index in [0.29, 0.717) is 32.5 Å². The zero-order valence-corrected chi connectivity index (χ0v) is 13.7. The van der Waals surface area contributed by atoms with E-state index in [1.165, 1.54) is 5.56 Å². The van der Waals surface area contributed by atoms with Crippen LogP contribution < -0.4 is 4.90 Å². The van der Waals surface area contributed by atoms with Crippen LogP contribution in [0.1, 0.15) is 31.7 Å². The number of hydrogen-bond acceptors (Lipinski definition) is 3. The summed E-state index contributed by atoms with van der Waals surface area (Å²) in [6.45, 7) is 4.27. The molecule has 2 amide bonds. The third kappa shape index (κ3) is 3.33. The van der Waals surface area contributed by atoms with E-state index in [2.05, 4.69) is 6.07 Å². The monoisotopic (exact) mass is 316 g/mol. The highest BCUT2D eigenvalue weighted by Crippen LogP contribution is 2.29. The normalized spacial score (nSPS) is 18.5. The van der Waals surface area contributed by atoms with Crippen molar-refractivity contribution < 1.29 is 14.3 Å². The second-order valence-electron chi connectivity index (χ2n) is 6.18. The first-order valence-corrected chi connectivity index (χ1v) is 8.51. The van der Waals surface area contributed by atoms with Gasteiger partial charge in [-0.2, -0.15) is 0 Å². The Morgan fingerprint density at radius 3 is 2.65 bits per heavy atom. The van der Waals surface area contributed by atoms with Crippen molar-refractivity contribution in [3.63, 3.8) is 0 Å². The minimum absolute atomic E-state index is 0.0624. The molecule has 0 aliphatic carbocycles. The topological polar surface area (TPSA) is 49.9 Å². The summed E-state index contributed by atoms with van der Waals surface area (Å²) in [6, 6.07) is 8.20. The van der Waals surface area contributed by atoms with Gasteiger partial charge >= 0.3 is 12.0 Å². The average molecular weight is 316 g/mol. The van der Waals surface area contributed by atoms with Gasteiger partial charge in [0.15, 0.2) is 0 Å². The fraction of sp³-hybridized carbons (Fsp3) is 0.556. The Labute approximate surface area is 137 Å². The largest absolute Gasteiger partial charge is 0.466 e. The number of carbonyl (C=O) groups excluding carboxylic acids is 2. The molecule has 1 aromatic carbocycles. The van der Waals surface area contributed by atoms with Gasteiger partial charge in [-0.1, -0.05) is 18.2 Å². The molecule has 5 heteroatoms. The molecular formula is C18H24N2O3.